The Balaban J connectivity index is 1.28. The van der Waals surface area contributed by atoms with Crippen LogP contribution in [0.2, 0.25) is 0 Å². The second kappa shape index (κ2) is 8.68. The second-order valence-corrected chi connectivity index (χ2v) is 8.66. The number of piperazine rings is 1. The van der Waals surface area contributed by atoms with Gasteiger partial charge in [-0.1, -0.05) is 6.07 Å². The lowest BCUT2D eigenvalue weighted by Gasteiger charge is -2.41. The molecule has 3 aromatic rings. The zero-order valence-corrected chi connectivity index (χ0v) is 18.5. The van der Waals surface area contributed by atoms with Crippen LogP contribution in [0.25, 0.3) is 11.3 Å². The first-order valence-corrected chi connectivity index (χ1v) is 11.1. The molecular weight excluding hydrogens is 447 g/mol. The molecule has 5 rings (SSSR count). The molecule has 0 radical (unpaired) electrons. The van der Waals surface area contributed by atoms with Crippen molar-refractivity contribution in [1.82, 2.24) is 20.4 Å². The van der Waals surface area contributed by atoms with Gasteiger partial charge in [-0.25, -0.2) is 4.79 Å². The molecule has 2 aromatic carbocycles. The summed E-state index contributed by atoms with van der Waals surface area (Å²) in [5, 5.41) is 9.97. The Hall–Kier alpha value is -3.53. The van der Waals surface area contributed by atoms with Crippen molar-refractivity contribution in [1.29, 1.82) is 0 Å². The molecule has 3 heterocycles. The lowest BCUT2D eigenvalue weighted by Crippen LogP contribution is -2.51. The van der Waals surface area contributed by atoms with Gasteiger partial charge in [0.2, 0.25) is 0 Å². The van der Waals surface area contributed by atoms with Gasteiger partial charge in [-0.2, -0.15) is 18.3 Å². The highest BCUT2D eigenvalue weighted by molar-refractivity contribution is 5.74. The molecule has 1 aromatic heterocycles. The van der Waals surface area contributed by atoms with E-state index >= 15 is 0 Å². The van der Waals surface area contributed by atoms with E-state index in [-0.39, 0.29) is 6.04 Å². The van der Waals surface area contributed by atoms with E-state index in [1.165, 1.54) is 12.1 Å². The predicted molar refractivity (Wildman–Crippen MR) is 120 cm³/mol. The zero-order chi connectivity index (χ0) is 23.9. The van der Waals surface area contributed by atoms with Crippen LogP contribution in [0.4, 0.5) is 23.7 Å². The summed E-state index contributed by atoms with van der Waals surface area (Å²) in [4.78, 5) is 15.7. The molecule has 0 bridgehead atoms. The SMILES string of the molecule is C[C@@H]1CN(Cc2cn[nH]c2-c2ccc3c(c2)CNC(=O)O3)CCN1c1cccc(C(F)(F)F)c1. The van der Waals surface area contributed by atoms with Gasteiger partial charge >= 0.3 is 12.3 Å². The fourth-order valence-corrected chi connectivity index (χ4v) is 4.62. The first kappa shape index (κ1) is 22.3. The smallest absolute Gasteiger partial charge is 0.410 e. The van der Waals surface area contributed by atoms with Gasteiger partial charge in [-0.3, -0.25) is 10.00 Å². The Kier molecular flexibility index (Phi) is 5.68. The first-order valence-electron chi connectivity index (χ1n) is 11.1. The van der Waals surface area contributed by atoms with Gasteiger partial charge in [-0.05, 0) is 43.3 Å². The van der Waals surface area contributed by atoms with Crippen molar-refractivity contribution < 1.29 is 22.7 Å². The van der Waals surface area contributed by atoms with Crippen molar-refractivity contribution in [2.24, 2.45) is 0 Å². The number of ether oxygens (including phenoxy) is 1. The molecular formula is C24H24F3N5O2. The molecule has 7 nitrogen and oxygen atoms in total. The highest BCUT2D eigenvalue weighted by atomic mass is 19.4. The number of carbonyl (C=O) groups excluding carboxylic acids is 1. The third-order valence-corrected chi connectivity index (χ3v) is 6.30. The quantitative estimate of drug-likeness (QED) is 0.590. The highest BCUT2D eigenvalue weighted by Crippen LogP contribution is 2.33. The number of anilines is 1. The van der Waals surface area contributed by atoms with Crippen LogP contribution >= 0.6 is 0 Å². The average molecular weight is 471 g/mol. The Morgan fingerprint density at radius 1 is 1.18 bits per heavy atom. The number of rotatable bonds is 4. The summed E-state index contributed by atoms with van der Waals surface area (Å²) in [5.41, 5.74) is 3.72. The Morgan fingerprint density at radius 2 is 2.03 bits per heavy atom. The molecule has 178 valence electrons. The minimum absolute atomic E-state index is 0.0529. The van der Waals surface area contributed by atoms with Crippen LogP contribution in [0.1, 0.15) is 23.6 Å². The maximum Gasteiger partial charge on any atom is 0.416 e. The topological polar surface area (TPSA) is 73.5 Å². The van der Waals surface area contributed by atoms with E-state index < -0.39 is 17.8 Å². The lowest BCUT2D eigenvalue weighted by atomic mass is 10.0. The number of hydrogen-bond acceptors (Lipinski definition) is 5. The van der Waals surface area contributed by atoms with Crippen LogP contribution in [0, 0.1) is 0 Å². The number of benzene rings is 2. The van der Waals surface area contributed by atoms with Crippen molar-refractivity contribution in [2.45, 2.75) is 32.2 Å². The molecule has 1 atom stereocenters. The second-order valence-electron chi connectivity index (χ2n) is 8.66. The number of hydrogen-bond donors (Lipinski definition) is 2. The van der Waals surface area contributed by atoms with Crippen LogP contribution in [0.3, 0.4) is 0 Å². The maximum absolute atomic E-state index is 13.1. The average Bonchev–Trinajstić information content (AvgIpc) is 3.26. The predicted octanol–water partition coefficient (Wildman–Crippen LogP) is 4.41. The lowest BCUT2D eigenvalue weighted by molar-refractivity contribution is -0.137. The van der Waals surface area contributed by atoms with E-state index in [0.29, 0.717) is 37.6 Å². The number of amides is 1. The Bertz CT molecular complexity index is 1210. The third kappa shape index (κ3) is 4.45. The van der Waals surface area contributed by atoms with E-state index in [2.05, 4.69) is 20.4 Å². The Morgan fingerprint density at radius 3 is 2.82 bits per heavy atom. The summed E-state index contributed by atoms with van der Waals surface area (Å²) in [5.74, 6) is 0.549. The fraction of sp³-hybridized carbons (Fsp3) is 0.333. The van der Waals surface area contributed by atoms with Gasteiger partial charge in [0, 0.05) is 61.1 Å². The van der Waals surface area contributed by atoms with E-state index in [1.54, 1.807) is 18.3 Å². The summed E-state index contributed by atoms with van der Waals surface area (Å²) in [6.07, 6.45) is -3.01. The number of aromatic nitrogens is 2. The van der Waals surface area contributed by atoms with Crippen LogP contribution in [-0.4, -0.2) is 46.9 Å². The Labute approximate surface area is 194 Å². The van der Waals surface area contributed by atoms with Gasteiger partial charge in [-0.15, -0.1) is 0 Å². The first-order chi connectivity index (χ1) is 16.3. The molecule has 34 heavy (non-hydrogen) atoms. The van der Waals surface area contributed by atoms with Gasteiger partial charge in [0.15, 0.2) is 0 Å². The number of halogens is 3. The van der Waals surface area contributed by atoms with Crippen molar-refractivity contribution in [3.8, 4) is 17.0 Å². The number of fused-ring (bicyclic) bond motifs is 1. The molecule has 0 unspecified atom stereocenters. The molecule has 2 aliphatic heterocycles. The molecule has 0 aliphatic carbocycles. The normalized spacial score (nSPS) is 18.9. The van der Waals surface area contributed by atoms with Crippen molar-refractivity contribution in [2.75, 3.05) is 24.5 Å². The van der Waals surface area contributed by atoms with Crippen LogP contribution in [-0.2, 0) is 19.3 Å². The number of nitrogens with one attached hydrogen (secondary N) is 2. The van der Waals surface area contributed by atoms with E-state index in [9.17, 15) is 18.0 Å². The number of nitrogens with zero attached hydrogens (tertiary/aromatic N) is 3. The van der Waals surface area contributed by atoms with Gasteiger partial charge in [0.1, 0.15) is 5.75 Å². The van der Waals surface area contributed by atoms with Crippen LogP contribution in [0.5, 0.6) is 5.75 Å². The van der Waals surface area contributed by atoms with E-state index in [1.807, 2.05) is 24.0 Å². The molecule has 1 fully saturated rings. The van der Waals surface area contributed by atoms with E-state index in [4.69, 9.17) is 4.74 Å². The largest absolute Gasteiger partial charge is 0.416 e. The summed E-state index contributed by atoms with van der Waals surface area (Å²) < 4.78 is 44.6. The number of H-pyrrole nitrogens is 1. The number of aromatic amines is 1. The third-order valence-electron chi connectivity index (χ3n) is 6.30. The van der Waals surface area contributed by atoms with Crippen LogP contribution < -0.4 is 15.0 Å². The molecule has 0 saturated carbocycles. The molecule has 10 heteroatoms. The molecule has 2 N–H and O–H groups in total. The van der Waals surface area contributed by atoms with Crippen LogP contribution in [0.15, 0.2) is 48.7 Å². The van der Waals surface area contributed by atoms with Gasteiger partial charge in [0.05, 0.1) is 17.5 Å². The monoisotopic (exact) mass is 471 g/mol. The summed E-state index contributed by atoms with van der Waals surface area (Å²) in [7, 11) is 0. The van der Waals surface area contributed by atoms with Crippen molar-refractivity contribution in [3.05, 3.63) is 65.4 Å². The standard InChI is InChI=1S/C24H24F3N5O2/c1-15-13-31(7-8-32(15)20-4-2-3-19(10-20)24(25,26)27)14-18-12-29-30-22(18)16-5-6-21-17(9-16)11-28-23(33)34-21/h2-6,9-10,12,15H,7-8,11,13-14H2,1H3,(H,28,33)(H,29,30)/t15-/m1/s1. The number of carbonyl (C=O) groups is 1. The number of alkyl halides is 3. The van der Waals surface area contributed by atoms with Crippen molar-refractivity contribution in [3.63, 3.8) is 0 Å². The summed E-state index contributed by atoms with van der Waals surface area (Å²) in [6.45, 7) is 5.16. The summed E-state index contributed by atoms with van der Waals surface area (Å²) in [6, 6.07) is 11.2. The van der Waals surface area contributed by atoms with Crippen molar-refractivity contribution >= 4 is 11.8 Å². The molecule has 1 amide bonds. The zero-order valence-electron chi connectivity index (χ0n) is 18.5. The van der Waals surface area contributed by atoms with Gasteiger partial charge in [0.25, 0.3) is 0 Å². The maximum atomic E-state index is 13.1. The minimum Gasteiger partial charge on any atom is -0.410 e. The summed E-state index contributed by atoms with van der Waals surface area (Å²) >= 11 is 0. The molecule has 0 spiro atoms. The highest BCUT2D eigenvalue weighted by Gasteiger charge is 2.32. The fourth-order valence-electron chi connectivity index (χ4n) is 4.62. The van der Waals surface area contributed by atoms with E-state index in [0.717, 1.165) is 35.0 Å². The molecule has 1 saturated heterocycles. The molecule has 2 aliphatic rings. The van der Waals surface area contributed by atoms with Gasteiger partial charge < -0.3 is 15.0 Å². The minimum atomic E-state index is -4.35.